The fraction of sp³-hybridized carbons (Fsp3) is 0.989. The molecular weight excluding hydrogens is 1360 g/mol. The zero-order valence-corrected chi connectivity index (χ0v) is 71.8. The highest BCUT2D eigenvalue weighted by Crippen LogP contribution is 2.38. The first-order chi connectivity index (χ1) is 51.6. The van der Waals surface area contributed by atoms with Crippen molar-refractivity contribution in [1.29, 1.82) is 0 Å². The van der Waals surface area contributed by atoms with Crippen LogP contribution in [0.15, 0.2) is 0 Å². The van der Waals surface area contributed by atoms with Crippen molar-refractivity contribution in [3.63, 3.8) is 0 Å². The van der Waals surface area contributed by atoms with Gasteiger partial charge in [0.15, 0.2) is 18.9 Å². The average molecular weight is 1540 g/mol. The maximum atomic E-state index is 13.5. The molecule has 23 atom stereocenters. The number of unbranched alkanes of at least 4 members (excludes halogenated alkanes) is 33. The van der Waals surface area contributed by atoms with E-state index in [-0.39, 0.29) is 62.5 Å². The van der Waals surface area contributed by atoms with Gasteiger partial charge in [0.05, 0.1) is 63.5 Å². The van der Waals surface area contributed by atoms with Crippen LogP contribution < -0.4 is 5.32 Å². The minimum absolute atomic E-state index is 0.0116. The van der Waals surface area contributed by atoms with Gasteiger partial charge in [0.2, 0.25) is 12.3 Å². The van der Waals surface area contributed by atoms with Crippen LogP contribution >= 0.6 is 0 Å². The van der Waals surface area contributed by atoms with E-state index in [1.54, 1.807) is 14.2 Å². The Morgan fingerprint density at radius 2 is 0.710 bits per heavy atom. The molecular formula is C88H174FNO17. The zero-order chi connectivity index (χ0) is 79.6. The molecule has 0 aromatic rings. The van der Waals surface area contributed by atoms with Gasteiger partial charge in [0.25, 0.3) is 0 Å². The molecule has 4 heterocycles. The molecule has 4 aliphatic heterocycles. The van der Waals surface area contributed by atoms with Gasteiger partial charge < -0.3 is 83.3 Å². The predicted molar refractivity (Wildman–Crippen MR) is 433 cm³/mol. The van der Waals surface area contributed by atoms with Crippen LogP contribution in [0.2, 0.25) is 0 Å². The first-order valence-corrected chi connectivity index (χ1v) is 44.5. The van der Waals surface area contributed by atoms with Gasteiger partial charge in [-0.3, -0.25) is 4.79 Å². The van der Waals surface area contributed by atoms with Crippen molar-refractivity contribution in [2.75, 3.05) is 67.1 Å². The number of rotatable bonds is 58. The Morgan fingerprint density at radius 1 is 0.383 bits per heavy atom. The van der Waals surface area contributed by atoms with E-state index in [0.717, 1.165) is 71.0 Å². The summed E-state index contributed by atoms with van der Waals surface area (Å²) in [5.74, 6) is 3.37. The third-order valence-electron chi connectivity index (χ3n) is 24.1. The fourth-order valence-corrected chi connectivity index (χ4v) is 15.2. The number of alkyl halides is 1. The largest absolute Gasteiger partial charge is 0.394 e. The van der Waals surface area contributed by atoms with Gasteiger partial charge in [-0.1, -0.05) is 315 Å². The van der Waals surface area contributed by atoms with Crippen molar-refractivity contribution in [2.24, 2.45) is 53.3 Å². The number of carbonyl (C=O) groups excluding carboxylic acids is 1. The van der Waals surface area contributed by atoms with Crippen LogP contribution in [0, 0.1) is 53.3 Å². The van der Waals surface area contributed by atoms with Crippen molar-refractivity contribution in [2.45, 2.75) is 440 Å². The number of halogens is 1. The Kier molecular flexibility index (Phi) is 65.0. The Morgan fingerprint density at radius 3 is 1.08 bits per heavy atom. The van der Waals surface area contributed by atoms with Crippen LogP contribution in [0.3, 0.4) is 0 Å². The second-order valence-corrected chi connectivity index (χ2v) is 33.0. The van der Waals surface area contributed by atoms with Gasteiger partial charge in [-0.15, -0.1) is 0 Å². The molecule has 0 saturated carbocycles. The number of amides is 1. The normalized spacial score (nSPS) is 29.6. The maximum Gasteiger partial charge on any atom is 0.220 e. The van der Waals surface area contributed by atoms with Gasteiger partial charge >= 0.3 is 0 Å². The molecule has 4 fully saturated rings. The van der Waals surface area contributed by atoms with Crippen LogP contribution in [-0.4, -0.2) is 190 Å². The molecule has 7 N–H and O–H groups in total. The van der Waals surface area contributed by atoms with Crippen LogP contribution in [0.4, 0.5) is 4.39 Å². The number of hydrogen-bond donors (Lipinski definition) is 7. The summed E-state index contributed by atoms with van der Waals surface area (Å²) in [7, 11) is 3.37. The monoisotopic (exact) mass is 1540 g/mol. The lowest BCUT2D eigenvalue weighted by atomic mass is 9.79. The number of carbonyl (C=O) groups is 1. The van der Waals surface area contributed by atoms with Crippen LogP contribution in [-0.2, 0) is 52.2 Å². The van der Waals surface area contributed by atoms with Crippen molar-refractivity contribution >= 4 is 5.91 Å². The minimum atomic E-state index is -1.55. The summed E-state index contributed by atoms with van der Waals surface area (Å²) < 4.78 is 69.2. The lowest BCUT2D eigenvalue weighted by molar-refractivity contribution is -0.304. The van der Waals surface area contributed by atoms with Gasteiger partial charge in [0, 0.05) is 58.2 Å². The molecule has 640 valence electrons. The van der Waals surface area contributed by atoms with Crippen molar-refractivity contribution in [1.82, 2.24) is 5.32 Å². The van der Waals surface area contributed by atoms with Crippen LogP contribution in [0.1, 0.15) is 354 Å². The molecule has 0 bridgehead atoms. The maximum absolute atomic E-state index is 13.5. The third kappa shape index (κ3) is 45.6. The zero-order valence-electron chi connectivity index (χ0n) is 71.8. The molecule has 18 nitrogen and oxygen atoms in total. The van der Waals surface area contributed by atoms with E-state index in [1.807, 2.05) is 13.8 Å². The van der Waals surface area contributed by atoms with Gasteiger partial charge in [-0.05, 0) is 67.6 Å². The Labute approximate surface area is 655 Å². The van der Waals surface area contributed by atoms with E-state index < -0.39 is 55.3 Å². The highest BCUT2D eigenvalue weighted by atomic mass is 19.1. The Hall–Kier alpha value is -1.24. The highest BCUT2D eigenvalue weighted by molar-refractivity contribution is 5.76. The molecule has 4 saturated heterocycles. The molecule has 4 rings (SSSR count). The fourth-order valence-electron chi connectivity index (χ4n) is 15.2. The highest BCUT2D eigenvalue weighted by Gasteiger charge is 2.46. The number of nitrogens with one attached hydrogen (secondary N) is 1. The molecule has 0 radical (unpaired) electrons. The number of methoxy groups -OCH3 is 2. The number of ether oxygens (including phenoxy) is 10. The van der Waals surface area contributed by atoms with E-state index in [9.17, 15) is 34.7 Å². The van der Waals surface area contributed by atoms with Crippen LogP contribution in [0.5, 0.6) is 0 Å². The Balaban J connectivity index is 0.00000102. The second kappa shape index (κ2) is 67.0. The van der Waals surface area contributed by atoms with Gasteiger partial charge in [0.1, 0.15) is 30.5 Å². The van der Waals surface area contributed by atoms with E-state index in [4.69, 9.17) is 52.5 Å². The molecule has 0 aliphatic carbocycles. The molecule has 0 aromatic carbocycles. The molecule has 107 heavy (non-hydrogen) atoms. The summed E-state index contributed by atoms with van der Waals surface area (Å²) in [5, 5.41) is 65.9. The summed E-state index contributed by atoms with van der Waals surface area (Å²) in [6.45, 7) is 33.0. The lowest BCUT2D eigenvalue weighted by Gasteiger charge is -2.42. The number of aliphatic hydroxyl groups is 6. The summed E-state index contributed by atoms with van der Waals surface area (Å²) in [5.41, 5.74) is 0. The van der Waals surface area contributed by atoms with E-state index in [2.05, 4.69) is 88.4 Å². The van der Waals surface area contributed by atoms with E-state index in [1.165, 1.54) is 186 Å². The second-order valence-electron chi connectivity index (χ2n) is 33.0. The summed E-state index contributed by atoms with van der Waals surface area (Å²) >= 11 is 0. The van der Waals surface area contributed by atoms with E-state index in [0.29, 0.717) is 80.0 Å². The SMILES string of the molecule is CCCCCCCCCCCCCCCCCCCCCCCCCC(=O)N[C@@H](CO[C@H]1OC(COCCC)[C@H](O)[C@H](O)C1O)[C@H](O)[C@H](O)CCCCCCCCCCCCCC.CCCOCC1OC(F)C(C)[C@@H](C)[C@H]1C.CCCOCC1O[C@H](OC)C(C)[C@@H](C)[C@H]1C.CO[C@H]1OC(CO)[C@H](C)[C@H](C)C1C. The lowest BCUT2D eigenvalue weighted by Crippen LogP contribution is -2.60. The predicted octanol–water partition coefficient (Wildman–Crippen LogP) is 18.9. The molecule has 9 unspecified atom stereocenters. The molecule has 1 amide bonds. The topological polar surface area (TPSA) is 243 Å². The molecule has 4 aliphatic rings. The summed E-state index contributed by atoms with van der Waals surface area (Å²) in [4.78, 5) is 13.1. The van der Waals surface area contributed by atoms with Crippen LogP contribution in [0.25, 0.3) is 0 Å². The first kappa shape index (κ1) is 104. The smallest absolute Gasteiger partial charge is 0.220 e. The van der Waals surface area contributed by atoms with E-state index >= 15 is 0 Å². The van der Waals surface area contributed by atoms with Crippen molar-refractivity contribution < 1.29 is 87.2 Å². The van der Waals surface area contributed by atoms with Crippen molar-refractivity contribution in [3.8, 4) is 0 Å². The number of aliphatic hydroxyl groups excluding tert-OH is 6. The minimum Gasteiger partial charge on any atom is -0.394 e. The Bertz CT molecular complexity index is 1950. The standard InChI is InChI=1S/C53H105NO9.C13H26O3.C12H23FO2.C10H20O3/c1-4-7-9-11-13-15-17-19-20-21-22-23-24-25-26-27-28-29-31-33-35-37-39-41-48(56)54-45(43-62-53-52(60)51(59)50(58)47(63-53)44-61-42-6-3)49(57)46(55)40-38-36-34-32-30-18-16-14-12-10-8-5-2;1-6-7-15-8-12-10(3)9(2)11(4)13(14-5)16-12;1-5-6-14-7-11-9(3)8(2)10(4)12(13)15-11;1-6-7(2)9(5-11)13-10(12-4)8(6)3/h45-47,49-53,55,57-60H,4-44H2,1-3H3,(H,54,56);9-13H,6-8H2,1-5H3;8-12H,5-7H2,1-4H3;6-11H,5H2,1-4H3/t45-,46+,47?,49-,50-,51-,52?,53-;9-,10+,11?,12?,13-;8-,9+,10?,11?,12?;6-,7+,8?,9?,10-/m0000/s1. The summed E-state index contributed by atoms with van der Waals surface area (Å²) in [6, 6.07) is -0.955. The quantitative estimate of drug-likeness (QED) is 0.0280. The van der Waals surface area contributed by atoms with Crippen molar-refractivity contribution in [3.05, 3.63) is 0 Å². The number of hydrogen-bond acceptors (Lipinski definition) is 17. The average Bonchev–Trinajstić information content (AvgIpc) is 0.843. The van der Waals surface area contributed by atoms with Gasteiger partial charge in [-0.2, -0.15) is 0 Å². The summed E-state index contributed by atoms with van der Waals surface area (Å²) in [6.07, 6.45) is 37.8. The molecule has 0 spiro atoms. The molecule has 0 aromatic heterocycles. The molecule has 19 heteroatoms. The van der Waals surface area contributed by atoms with Gasteiger partial charge in [-0.25, -0.2) is 4.39 Å². The first-order valence-electron chi connectivity index (χ1n) is 44.5. The third-order valence-corrected chi connectivity index (χ3v) is 24.1.